The molecule has 6 nitrogen and oxygen atoms in total. The number of nitrogens with one attached hydrogen (secondary N) is 2. The molecule has 0 bridgehead atoms. The molecule has 0 saturated carbocycles. The van der Waals surface area contributed by atoms with Gasteiger partial charge in [-0.3, -0.25) is 10.8 Å². The van der Waals surface area contributed by atoms with E-state index in [0.717, 1.165) is 11.3 Å². The third-order valence-electron chi connectivity index (χ3n) is 3.26. The third-order valence-corrected chi connectivity index (χ3v) is 3.26. The van der Waals surface area contributed by atoms with E-state index < -0.39 is 18.2 Å². The van der Waals surface area contributed by atoms with Crippen molar-refractivity contribution in [3.05, 3.63) is 65.6 Å². The van der Waals surface area contributed by atoms with Crippen molar-refractivity contribution in [3.8, 4) is 0 Å². The number of hydrogen-bond acceptors (Lipinski definition) is 5. The molecule has 0 radical (unpaired) electrons. The quantitative estimate of drug-likeness (QED) is 0.570. The van der Waals surface area contributed by atoms with Crippen molar-refractivity contribution in [2.24, 2.45) is 0 Å². The summed E-state index contributed by atoms with van der Waals surface area (Å²) in [5.74, 6) is -1.85. The van der Waals surface area contributed by atoms with E-state index in [1.807, 2.05) is 36.4 Å². The SMILES string of the molecule is N=C(OC(=N)C(F)F)c1cnc2cc(Cc3ccccc3)nn2c1. The van der Waals surface area contributed by atoms with Crippen LogP contribution in [0, 0.1) is 10.8 Å². The Morgan fingerprint density at radius 3 is 2.67 bits per heavy atom. The van der Waals surface area contributed by atoms with Crippen molar-refractivity contribution in [2.75, 3.05) is 0 Å². The van der Waals surface area contributed by atoms with Crippen molar-refractivity contribution < 1.29 is 13.5 Å². The fourth-order valence-corrected chi connectivity index (χ4v) is 2.15. The van der Waals surface area contributed by atoms with E-state index >= 15 is 0 Å². The Morgan fingerprint density at radius 1 is 1.21 bits per heavy atom. The van der Waals surface area contributed by atoms with Gasteiger partial charge in [0, 0.05) is 24.9 Å². The number of fused-ring (bicyclic) bond motifs is 1. The number of hydrogen-bond donors (Lipinski definition) is 2. The Morgan fingerprint density at radius 2 is 1.96 bits per heavy atom. The maximum atomic E-state index is 12.3. The lowest BCUT2D eigenvalue weighted by Gasteiger charge is -2.06. The predicted octanol–water partition coefficient (Wildman–Crippen LogP) is 2.90. The molecule has 1 aromatic carbocycles. The second-order valence-electron chi connectivity index (χ2n) is 5.04. The first-order valence-corrected chi connectivity index (χ1v) is 7.04. The fourth-order valence-electron chi connectivity index (χ4n) is 2.15. The van der Waals surface area contributed by atoms with Crippen LogP contribution in [-0.4, -0.2) is 32.8 Å². The number of rotatable bonds is 4. The van der Waals surface area contributed by atoms with Gasteiger partial charge < -0.3 is 4.74 Å². The van der Waals surface area contributed by atoms with Gasteiger partial charge in [0.25, 0.3) is 5.90 Å². The molecule has 8 heteroatoms. The largest absolute Gasteiger partial charge is 0.419 e. The van der Waals surface area contributed by atoms with Crippen LogP contribution in [-0.2, 0) is 11.2 Å². The molecule has 2 N–H and O–H groups in total. The predicted molar refractivity (Wildman–Crippen MR) is 83.9 cm³/mol. The van der Waals surface area contributed by atoms with Gasteiger partial charge in [0.1, 0.15) is 0 Å². The average molecular weight is 329 g/mol. The van der Waals surface area contributed by atoms with E-state index in [1.54, 1.807) is 0 Å². The van der Waals surface area contributed by atoms with Crippen LogP contribution in [0.15, 0.2) is 48.8 Å². The molecule has 2 aromatic heterocycles. The lowest BCUT2D eigenvalue weighted by atomic mass is 10.1. The summed E-state index contributed by atoms with van der Waals surface area (Å²) in [6.45, 7) is 0. The van der Waals surface area contributed by atoms with Crippen LogP contribution in [0.5, 0.6) is 0 Å². The molecule has 24 heavy (non-hydrogen) atoms. The van der Waals surface area contributed by atoms with Crippen LogP contribution >= 0.6 is 0 Å². The summed E-state index contributed by atoms with van der Waals surface area (Å²) >= 11 is 0. The van der Waals surface area contributed by atoms with Crippen LogP contribution in [0.3, 0.4) is 0 Å². The minimum atomic E-state index is -3.07. The fraction of sp³-hybridized carbons (Fsp3) is 0.125. The molecule has 2 heterocycles. The molecule has 0 saturated heterocycles. The van der Waals surface area contributed by atoms with Crippen LogP contribution in [0.25, 0.3) is 5.65 Å². The first-order valence-electron chi connectivity index (χ1n) is 7.04. The highest BCUT2D eigenvalue weighted by Crippen LogP contribution is 2.11. The molecule has 0 fully saturated rings. The van der Waals surface area contributed by atoms with Gasteiger partial charge in [-0.05, 0) is 5.56 Å². The van der Waals surface area contributed by atoms with Gasteiger partial charge >= 0.3 is 6.43 Å². The molecule has 3 rings (SSSR count). The minimum absolute atomic E-state index is 0.155. The summed E-state index contributed by atoms with van der Waals surface area (Å²) in [5.41, 5.74) is 2.62. The van der Waals surface area contributed by atoms with Crippen molar-refractivity contribution >= 4 is 17.4 Å². The minimum Gasteiger partial charge on any atom is -0.419 e. The summed E-state index contributed by atoms with van der Waals surface area (Å²) in [6, 6.07) is 11.6. The van der Waals surface area contributed by atoms with Crippen LogP contribution in [0.2, 0.25) is 0 Å². The number of alkyl halides is 2. The van der Waals surface area contributed by atoms with E-state index in [1.165, 1.54) is 16.9 Å². The topological polar surface area (TPSA) is 87.1 Å². The maximum Gasteiger partial charge on any atom is 0.312 e. The highest BCUT2D eigenvalue weighted by molar-refractivity contribution is 5.99. The van der Waals surface area contributed by atoms with Gasteiger partial charge in [0.05, 0.1) is 11.3 Å². The van der Waals surface area contributed by atoms with Gasteiger partial charge in [0.2, 0.25) is 5.90 Å². The Hall–Kier alpha value is -3.16. The van der Waals surface area contributed by atoms with E-state index in [9.17, 15) is 8.78 Å². The van der Waals surface area contributed by atoms with Crippen molar-refractivity contribution in [1.82, 2.24) is 14.6 Å². The summed E-state index contributed by atoms with van der Waals surface area (Å²) in [7, 11) is 0. The highest BCUT2D eigenvalue weighted by atomic mass is 19.3. The molecular formula is C16H13F2N5O. The number of halogens is 2. The van der Waals surface area contributed by atoms with Gasteiger partial charge in [-0.25, -0.2) is 9.50 Å². The number of aromatic nitrogens is 3. The Bertz CT molecular complexity index is 892. The van der Waals surface area contributed by atoms with Crippen molar-refractivity contribution in [1.29, 1.82) is 10.8 Å². The Kier molecular flexibility index (Phi) is 4.28. The third kappa shape index (κ3) is 3.43. The van der Waals surface area contributed by atoms with Crippen LogP contribution in [0.4, 0.5) is 8.78 Å². The zero-order chi connectivity index (χ0) is 17.1. The normalized spacial score (nSPS) is 11.0. The van der Waals surface area contributed by atoms with Crippen molar-refractivity contribution in [2.45, 2.75) is 12.8 Å². The van der Waals surface area contributed by atoms with Crippen molar-refractivity contribution in [3.63, 3.8) is 0 Å². The standard InChI is InChI=1S/C16H13F2N5O/c17-14(18)16(20)24-15(19)11-8-21-13-7-12(22-23(13)9-11)6-10-4-2-1-3-5-10/h1-5,7-9,14,19-20H,6H2. The molecule has 0 amide bonds. The Labute approximate surface area is 135 Å². The second kappa shape index (κ2) is 6.53. The number of ether oxygens (including phenoxy) is 1. The van der Waals surface area contributed by atoms with E-state index in [-0.39, 0.29) is 5.56 Å². The number of nitrogens with zero attached hydrogens (tertiary/aromatic N) is 3. The average Bonchev–Trinajstić information content (AvgIpc) is 2.96. The lowest BCUT2D eigenvalue weighted by Crippen LogP contribution is -2.19. The number of benzene rings is 1. The summed E-state index contributed by atoms with van der Waals surface area (Å²) < 4.78 is 30.5. The molecule has 0 spiro atoms. The molecule has 0 aliphatic rings. The van der Waals surface area contributed by atoms with E-state index in [0.29, 0.717) is 12.1 Å². The molecule has 0 aliphatic heterocycles. The smallest absolute Gasteiger partial charge is 0.312 e. The van der Waals surface area contributed by atoms with Gasteiger partial charge in [0.15, 0.2) is 5.65 Å². The van der Waals surface area contributed by atoms with Gasteiger partial charge in [-0.1, -0.05) is 30.3 Å². The first kappa shape index (κ1) is 15.7. The second-order valence-corrected chi connectivity index (χ2v) is 5.04. The molecule has 122 valence electrons. The van der Waals surface area contributed by atoms with Crippen LogP contribution < -0.4 is 0 Å². The van der Waals surface area contributed by atoms with Gasteiger partial charge in [-0.15, -0.1) is 0 Å². The lowest BCUT2D eigenvalue weighted by molar-refractivity contribution is 0.197. The molecule has 0 unspecified atom stereocenters. The summed E-state index contributed by atoms with van der Waals surface area (Å²) in [6.07, 6.45) is 0.343. The highest BCUT2D eigenvalue weighted by Gasteiger charge is 2.16. The monoisotopic (exact) mass is 329 g/mol. The zero-order valence-corrected chi connectivity index (χ0v) is 12.4. The maximum absolute atomic E-state index is 12.3. The summed E-state index contributed by atoms with van der Waals surface area (Å²) in [5, 5.41) is 19.0. The molecule has 0 atom stereocenters. The molecule has 0 aliphatic carbocycles. The summed E-state index contributed by atoms with van der Waals surface area (Å²) in [4.78, 5) is 4.14. The van der Waals surface area contributed by atoms with Gasteiger partial charge in [-0.2, -0.15) is 13.9 Å². The Balaban J connectivity index is 1.81. The van der Waals surface area contributed by atoms with E-state index in [2.05, 4.69) is 14.8 Å². The molecular weight excluding hydrogens is 316 g/mol. The molecule has 3 aromatic rings. The first-order chi connectivity index (χ1) is 11.5. The van der Waals surface area contributed by atoms with Crippen LogP contribution in [0.1, 0.15) is 16.8 Å². The zero-order valence-electron chi connectivity index (χ0n) is 12.4. The van der Waals surface area contributed by atoms with E-state index in [4.69, 9.17) is 10.8 Å².